The van der Waals surface area contributed by atoms with Crippen LogP contribution in [0.3, 0.4) is 0 Å². The molecule has 104 valence electrons. The number of carboxylic acid groups (broad SMARTS) is 1. The first-order chi connectivity index (χ1) is 10.1. The van der Waals surface area contributed by atoms with Crippen LogP contribution in [0.1, 0.15) is 11.1 Å². The van der Waals surface area contributed by atoms with Gasteiger partial charge in [-0.25, -0.2) is 4.79 Å². The number of nitrogens with zero attached hydrogens (tertiary/aromatic N) is 1. The summed E-state index contributed by atoms with van der Waals surface area (Å²) in [6.07, 6.45) is 2.57. The van der Waals surface area contributed by atoms with Gasteiger partial charge in [-0.2, -0.15) is 5.26 Å². The van der Waals surface area contributed by atoms with E-state index in [0.717, 1.165) is 11.6 Å². The Kier molecular flexibility index (Phi) is 4.75. The molecule has 5 heteroatoms. The van der Waals surface area contributed by atoms with Crippen molar-refractivity contribution in [1.82, 2.24) is 0 Å². The van der Waals surface area contributed by atoms with Crippen LogP contribution in [0.25, 0.3) is 6.08 Å². The zero-order valence-electron chi connectivity index (χ0n) is 10.8. The van der Waals surface area contributed by atoms with Gasteiger partial charge in [0.15, 0.2) is 0 Å². The van der Waals surface area contributed by atoms with Crippen LogP contribution in [0.2, 0.25) is 0 Å². The Bertz CT molecular complexity index is 730. The molecule has 0 heterocycles. The molecule has 0 aliphatic rings. The number of aliphatic carboxylic acids is 1. The van der Waals surface area contributed by atoms with Crippen LogP contribution in [0.5, 0.6) is 11.5 Å². The Labute approximate surface area is 130 Å². The topological polar surface area (TPSA) is 70.3 Å². The molecular formula is C16H10BrNO3. The summed E-state index contributed by atoms with van der Waals surface area (Å²) in [7, 11) is 0. The lowest BCUT2D eigenvalue weighted by molar-refractivity contribution is -0.131. The highest BCUT2D eigenvalue weighted by atomic mass is 79.9. The van der Waals surface area contributed by atoms with E-state index >= 15 is 0 Å². The fourth-order valence-corrected chi connectivity index (χ4v) is 2.07. The van der Waals surface area contributed by atoms with Gasteiger partial charge in [-0.3, -0.25) is 0 Å². The molecule has 2 aromatic rings. The summed E-state index contributed by atoms with van der Waals surface area (Å²) in [5.41, 5.74) is 1.31. The molecule has 0 amide bonds. The van der Waals surface area contributed by atoms with Crippen LogP contribution < -0.4 is 4.74 Å². The summed E-state index contributed by atoms with van der Waals surface area (Å²) in [6.45, 7) is 0. The van der Waals surface area contributed by atoms with E-state index in [2.05, 4.69) is 15.9 Å². The summed E-state index contributed by atoms with van der Waals surface area (Å²) in [6, 6.07) is 14.1. The van der Waals surface area contributed by atoms with Crippen molar-refractivity contribution >= 4 is 28.0 Å². The number of carboxylic acids is 1. The summed E-state index contributed by atoms with van der Waals surface area (Å²) in [5.74, 6) is 0.222. The highest BCUT2D eigenvalue weighted by Crippen LogP contribution is 2.30. The number of ether oxygens (including phenoxy) is 1. The Morgan fingerprint density at radius 2 is 1.95 bits per heavy atom. The van der Waals surface area contributed by atoms with Gasteiger partial charge in [0.1, 0.15) is 11.5 Å². The predicted molar refractivity (Wildman–Crippen MR) is 82.0 cm³/mol. The first-order valence-electron chi connectivity index (χ1n) is 5.97. The molecule has 0 bridgehead atoms. The lowest BCUT2D eigenvalue weighted by Crippen LogP contribution is -1.88. The van der Waals surface area contributed by atoms with E-state index < -0.39 is 5.97 Å². The van der Waals surface area contributed by atoms with Crippen molar-refractivity contribution in [3.63, 3.8) is 0 Å². The van der Waals surface area contributed by atoms with Crippen molar-refractivity contribution in [1.29, 1.82) is 5.26 Å². The smallest absolute Gasteiger partial charge is 0.328 e. The maximum absolute atomic E-state index is 10.5. The zero-order chi connectivity index (χ0) is 15.2. The monoisotopic (exact) mass is 343 g/mol. The predicted octanol–water partition coefficient (Wildman–Crippen LogP) is 4.21. The van der Waals surface area contributed by atoms with Gasteiger partial charge >= 0.3 is 5.97 Å². The number of halogens is 1. The number of hydrogen-bond donors (Lipinski definition) is 1. The van der Waals surface area contributed by atoms with Gasteiger partial charge in [-0.15, -0.1) is 0 Å². The molecule has 2 rings (SSSR count). The largest absolute Gasteiger partial charge is 0.478 e. The van der Waals surface area contributed by atoms with Crippen LogP contribution in [0.4, 0.5) is 0 Å². The van der Waals surface area contributed by atoms with Gasteiger partial charge in [0.25, 0.3) is 0 Å². The molecule has 1 N–H and O–H groups in total. The summed E-state index contributed by atoms with van der Waals surface area (Å²) < 4.78 is 6.40. The van der Waals surface area contributed by atoms with Crippen LogP contribution >= 0.6 is 15.9 Å². The molecule has 0 spiro atoms. The standard InChI is InChI=1S/C16H10BrNO3/c17-14-9-11(4-8-16(19)20)3-7-15(14)21-13-5-1-12(10-18)2-6-13/h1-9H,(H,19,20)/b8-4+. The van der Waals surface area contributed by atoms with Crippen molar-refractivity contribution in [2.45, 2.75) is 0 Å². The van der Waals surface area contributed by atoms with E-state index in [0.29, 0.717) is 21.5 Å². The highest BCUT2D eigenvalue weighted by molar-refractivity contribution is 9.10. The lowest BCUT2D eigenvalue weighted by Gasteiger charge is -2.08. The van der Waals surface area contributed by atoms with Crippen LogP contribution in [0, 0.1) is 11.3 Å². The van der Waals surface area contributed by atoms with Gasteiger partial charge in [0, 0.05) is 6.08 Å². The van der Waals surface area contributed by atoms with Gasteiger partial charge in [-0.1, -0.05) is 6.07 Å². The minimum absolute atomic E-state index is 0.565. The Hall–Kier alpha value is -2.58. The van der Waals surface area contributed by atoms with E-state index in [1.807, 2.05) is 6.07 Å². The molecule has 0 atom stereocenters. The maximum Gasteiger partial charge on any atom is 0.328 e. The molecule has 21 heavy (non-hydrogen) atoms. The van der Waals surface area contributed by atoms with Crippen LogP contribution in [-0.2, 0) is 4.79 Å². The molecule has 0 aliphatic carbocycles. The molecule has 0 unspecified atom stereocenters. The minimum atomic E-state index is -0.996. The van der Waals surface area contributed by atoms with E-state index in [1.165, 1.54) is 6.08 Å². The number of rotatable bonds is 4. The lowest BCUT2D eigenvalue weighted by atomic mass is 10.2. The third-order valence-corrected chi connectivity index (χ3v) is 3.21. The van der Waals surface area contributed by atoms with E-state index in [-0.39, 0.29) is 0 Å². The zero-order valence-corrected chi connectivity index (χ0v) is 12.4. The summed E-state index contributed by atoms with van der Waals surface area (Å²) >= 11 is 3.38. The first-order valence-corrected chi connectivity index (χ1v) is 6.76. The van der Waals surface area contributed by atoms with Crippen molar-refractivity contribution < 1.29 is 14.6 Å². The molecule has 0 saturated carbocycles. The van der Waals surface area contributed by atoms with E-state index in [4.69, 9.17) is 15.1 Å². The minimum Gasteiger partial charge on any atom is -0.478 e. The molecule has 4 nitrogen and oxygen atoms in total. The second kappa shape index (κ2) is 6.73. The van der Waals surface area contributed by atoms with Gasteiger partial charge in [-0.05, 0) is 64.0 Å². The molecule has 2 aromatic carbocycles. The highest BCUT2D eigenvalue weighted by Gasteiger charge is 2.04. The van der Waals surface area contributed by atoms with Crippen molar-refractivity contribution in [3.05, 3.63) is 64.1 Å². The third kappa shape index (κ3) is 4.20. The number of nitriles is 1. The Balaban J connectivity index is 2.17. The second-order valence-electron chi connectivity index (χ2n) is 4.10. The van der Waals surface area contributed by atoms with Crippen molar-refractivity contribution in [2.24, 2.45) is 0 Å². The molecule has 0 saturated heterocycles. The number of benzene rings is 2. The van der Waals surface area contributed by atoms with Gasteiger partial charge in [0.2, 0.25) is 0 Å². The first kappa shape index (κ1) is 14.8. The summed E-state index contributed by atoms with van der Waals surface area (Å²) in [4.78, 5) is 10.5. The van der Waals surface area contributed by atoms with Crippen LogP contribution in [0.15, 0.2) is 53.0 Å². The van der Waals surface area contributed by atoms with Crippen molar-refractivity contribution in [3.8, 4) is 17.6 Å². The molecule has 0 aromatic heterocycles. The van der Waals surface area contributed by atoms with Gasteiger partial charge in [0.05, 0.1) is 16.1 Å². The molecule has 0 fully saturated rings. The summed E-state index contributed by atoms with van der Waals surface area (Å²) in [5, 5.41) is 17.3. The number of hydrogen-bond acceptors (Lipinski definition) is 3. The average molecular weight is 344 g/mol. The molecule has 0 radical (unpaired) electrons. The number of carbonyl (C=O) groups is 1. The van der Waals surface area contributed by atoms with Crippen LogP contribution in [-0.4, -0.2) is 11.1 Å². The fraction of sp³-hybridized carbons (Fsp3) is 0. The Morgan fingerprint density at radius 1 is 1.24 bits per heavy atom. The van der Waals surface area contributed by atoms with Crippen molar-refractivity contribution in [2.75, 3.05) is 0 Å². The third-order valence-electron chi connectivity index (χ3n) is 2.59. The van der Waals surface area contributed by atoms with E-state index in [1.54, 1.807) is 42.5 Å². The van der Waals surface area contributed by atoms with Gasteiger partial charge < -0.3 is 9.84 Å². The van der Waals surface area contributed by atoms with E-state index in [9.17, 15) is 4.79 Å². The second-order valence-corrected chi connectivity index (χ2v) is 4.95. The molecular weight excluding hydrogens is 334 g/mol. The quantitative estimate of drug-likeness (QED) is 0.844. The fourth-order valence-electron chi connectivity index (χ4n) is 1.60. The maximum atomic E-state index is 10.5. The average Bonchev–Trinajstić information content (AvgIpc) is 2.48. The SMILES string of the molecule is N#Cc1ccc(Oc2ccc(/C=C/C(=O)O)cc2Br)cc1. The normalized spacial score (nSPS) is 10.3. The molecule has 0 aliphatic heterocycles. The Morgan fingerprint density at radius 3 is 2.52 bits per heavy atom.